The van der Waals surface area contributed by atoms with Gasteiger partial charge < -0.3 is 5.32 Å². The summed E-state index contributed by atoms with van der Waals surface area (Å²) in [6, 6.07) is 11.8. The first-order chi connectivity index (χ1) is 8.65. The highest BCUT2D eigenvalue weighted by Crippen LogP contribution is 2.17. The highest BCUT2D eigenvalue weighted by Gasteiger charge is 2.01. The summed E-state index contributed by atoms with van der Waals surface area (Å²) in [6.07, 6.45) is 0. The summed E-state index contributed by atoms with van der Waals surface area (Å²) in [5.41, 5.74) is 3.07. The first-order valence-corrected chi connectivity index (χ1v) is 5.79. The zero-order valence-electron chi connectivity index (χ0n) is 10.5. The highest BCUT2D eigenvalue weighted by atomic mass is 16.1. The van der Waals surface area contributed by atoms with Crippen molar-refractivity contribution in [2.45, 2.75) is 13.8 Å². The topological polar surface area (TPSA) is 54.9 Å². The van der Waals surface area contributed by atoms with Crippen LogP contribution in [0.15, 0.2) is 36.4 Å². The van der Waals surface area contributed by atoms with Gasteiger partial charge in [0.2, 0.25) is 0 Å². The molecule has 0 bridgehead atoms. The predicted octanol–water partition coefficient (Wildman–Crippen LogP) is 2.45. The fraction of sp³-hybridized carbons (Fsp3) is 0.214. The summed E-state index contributed by atoms with van der Waals surface area (Å²) in [6.45, 7) is 3.85. The van der Waals surface area contributed by atoms with E-state index in [0.717, 1.165) is 11.3 Å². The van der Waals surface area contributed by atoms with Crippen molar-refractivity contribution < 1.29 is 4.79 Å². The Morgan fingerprint density at radius 1 is 1.11 bits per heavy atom. The van der Waals surface area contributed by atoms with Crippen molar-refractivity contribution >= 4 is 11.6 Å². The second kappa shape index (κ2) is 5.40. The molecular weight excluding hydrogens is 226 g/mol. The van der Waals surface area contributed by atoms with Crippen LogP contribution in [0, 0.1) is 6.92 Å². The van der Waals surface area contributed by atoms with Crippen LogP contribution in [-0.2, 0) is 4.79 Å². The molecule has 1 N–H and O–H groups in total. The normalized spacial score (nSPS) is 10.1. The van der Waals surface area contributed by atoms with Gasteiger partial charge in [0.15, 0.2) is 0 Å². The van der Waals surface area contributed by atoms with Crippen LogP contribution in [-0.4, -0.2) is 22.5 Å². The number of Topliss-reactive ketones (excluding diaryl/α,β-unsaturated/α-hetero) is 1. The summed E-state index contributed by atoms with van der Waals surface area (Å²) < 4.78 is 0. The molecule has 18 heavy (non-hydrogen) atoms. The molecule has 0 amide bonds. The smallest absolute Gasteiger partial charge is 0.149 e. The average Bonchev–Trinajstić information content (AvgIpc) is 2.38. The maximum Gasteiger partial charge on any atom is 0.149 e. The first-order valence-electron chi connectivity index (χ1n) is 5.79. The number of carbonyl (C=O) groups is 1. The Kier molecular flexibility index (Phi) is 3.67. The van der Waals surface area contributed by atoms with Crippen molar-refractivity contribution in [3.63, 3.8) is 0 Å². The third-order valence-corrected chi connectivity index (χ3v) is 2.53. The van der Waals surface area contributed by atoms with E-state index in [4.69, 9.17) is 0 Å². The van der Waals surface area contributed by atoms with E-state index in [1.165, 1.54) is 12.5 Å². The van der Waals surface area contributed by atoms with E-state index in [1.54, 1.807) is 0 Å². The molecule has 0 radical (unpaired) electrons. The molecule has 92 valence electrons. The fourth-order valence-electron chi connectivity index (χ4n) is 1.52. The van der Waals surface area contributed by atoms with Crippen LogP contribution in [0.5, 0.6) is 0 Å². The lowest BCUT2D eigenvalue weighted by atomic mass is 10.1. The van der Waals surface area contributed by atoms with E-state index in [1.807, 2.05) is 43.3 Å². The molecule has 0 aliphatic heterocycles. The third kappa shape index (κ3) is 3.13. The van der Waals surface area contributed by atoms with Crippen LogP contribution in [0.4, 0.5) is 5.82 Å². The van der Waals surface area contributed by atoms with Crippen molar-refractivity contribution in [1.82, 2.24) is 10.2 Å². The first kappa shape index (κ1) is 12.2. The zero-order chi connectivity index (χ0) is 13.0. The van der Waals surface area contributed by atoms with Gasteiger partial charge in [-0.05, 0) is 26.0 Å². The standard InChI is InChI=1S/C14H15N3O/c1-10-3-5-12(6-4-10)13-7-8-14(17-16-13)15-9-11(2)18/h3-8H,9H2,1-2H3,(H,15,17). The van der Waals surface area contributed by atoms with Gasteiger partial charge in [0.1, 0.15) is 11.6 Å². The minimum Gasteiger partial charge on any atom is -0.362 e. The summed E-state index contributed by atoms with van der Waals surface area (Å²) in [5.74, 6) is 0.681. The van der Waals surface area contributed by atoms with Crippen molar-refractivity contribution in [3.8, 4) is 11.3 Å². The second-order valence-corrected chi connectivity index (χ2v) is 4.23. The minimum absolute atomic E-state index is 0.0689. The Morgan fingerprint density at radius 2 is 1.83 bits per heavy atom. The molecule has 2 aromatic rings. The number of rotatable bonds is 4. The number of carbonyl (C=O) groups excluding carboxylic acids is 1. The van der Waals surface area contributed by atoms with Gasteiger partial charge in [-0.15, -0.1) is 10.2 Å². The SMILES string of the molecule is CC(=O)CNc1ccc(-c2ccc(C)cc2)nn1. The predicted molar refractivity (Wildman–Crippen MR) is 71.4 cm³/mol. The van der Waals surface area contributed by atoms with Gasteiger partial charge in [-0.2, -0.15) is 0 Å². The number of anilines is 1. The van der Waals surface area contributed by atoms with E-state index in [2.05, 4.69) is 15.5 Å². The molecule has 0 aliphatic carbocycles. The molecule has 0 aliphatic rings. The monoisotopic (exact) mass is 241 g/mol. The summed E-state index contributed by atoms with van der Waals surface area (Å²) in [5, 5.41) is 11.1. The van der Waals surface area contributed by atoms with E-state index in [0.29, 0.717) is 5.82 Å². The molecular formula is C14H15N3O. The van der Waals surface area contributed by atoms with Gasteiger partial charge in [-0.3, -0.25) is 4.79 Å². The van der Waals surface area contributed by atoms with Gasteiger partial charge >= 0.3 is 0 Å². The van der Waals surface area contributed by atoms with Crippen LogP contribution in [0.25, 0.3) is 11.3 Å². The summed E-state index contributed by atoms with van der Waals surface area (Å²) in [4.78, 5) is 10.8. The molecule has 2 rings (SSSR count). The van der Waals surface area contributed by atoms with Crippen LogP contribution in [0.1, 0.15) is 12.5 Å². The van der Waals surface area contributed by atoms with Crippen molar-refractivity contribution in [2.75, 3.05) is 11.9 Å². The molecule has 0 atom stereocenters. The Balaban J connectivity index is 2.12. The number of hydrogen-bond donors (Lipinski definition) is 1. The van der Waals surface area contributed by atoms with Gasteiger partial charge in [-0.1, -0.05) is 29.8 Å². The Labute approximate surface area is 106 Å². The summed E-state index contributed by atoms with van der Waals surface area (Å²) >= 11 is 0. The van der Waals surface area contributed by atoms with Crippen molar-refractivity contribution in [2.24, 2.45) is 0 Å². The highest BCUT2D eigenvalue weighted by molar-refractivity contribution is 5.80. The number of aromatic nitrogens is 2. The Hall–Kier alpha value is -2.23. The maximum atomic E-state index is 10.8. The van der Waals surface area contributed by atoms with E-state index < -0.39 is 0 Å². The maximum absolute atomic E-state index is 10.8. The zero-order valence-corrected chi connectivity index (χ0v) is 10.5. The van der Waals surface area contributed by atoms with Gasteiger partial charge in [0, 0.05) is 5.56 Å². The number of benzene rings is 1. The van der Waals surface area contributed by atoms with Crippen LogP contribution >= 0.6 is 0 Å². The quantitative estimate of drug-likeness (QED) is 0.893. The lowest BCUT2D eigenvalue weighted by Gasteiger charge is -2.04. The molecule has 4 nitrogen and oxygen atoms in total. The van der Waals surface area contributed by atoms with Gasteiger partial charge in [-0.25, -0.2) is 0 Å². The number of nitrogens with zero attached hydrogens (tertiary/aromatic N) is 2. The summed E-state index contributed by atoms with van der Waals surface area (Å²) in [7, 11) is 0. The number of hydrogen-bond acceptors (Lipinski definition) is 4. The lowest BCUT2D eigenvalue weighted by Crippen LogP contribution is -2.11. The van der Waals surface area contributed by atoms with Crippen LogP contribution in [0.3, 0.4) is 0 Å². The number of aryl methyl sites for hydroxylation is 1. The fourth-order valence-corrected chi connectivity index (χ4v) is 1.52. The molecule has 4 heteroatoms. The molecule has 0 spiro atoms. The molecule has 0 saturated carbocycles. The van der Waals surface area contributed by atoms with Gasteiger partial charge in [0.05, 0.1) is 12.2 Å². The van der Waals surface area contributed by atoms with E-state index >= 15 is 0 Å². The molecule has 1 heterocycles. The van der Waals surface area contributed by atoms with Crippen LogP contribution < -0.4 is 5.32 Å². The van der Waals surface area contributed by atoms with Gasteiger partial charge in [0.25, 0.3) is 0 Å². The molecule has 0 saturated heterocycles. The Bertz CT molecular complexity index is 532. The second-order valence-electron chi connectivity index (χ2n) is 4.23. The lowest BCUT2D eigenvalue weighted by molar-refractivity contribution is -0.115. The molecule has 0 unspecified atom stereocenters. The average molecular weight is 241 g/mol. The Morgan fingerprint density at radius 3 is 2.39 bits per heavy atom. The third-order valence-electron chi connectivity index (χ3n) is 2.53. The molecule has 0 fully saturated rings. The van der Waals surface area contributed by atoms with Crippen molar-refractivity contribution in [3.05, 3.63) is 42.0 Å². The van der Waals surface area contributed by atoms with E-state index in [-0.39, 0.29) is 12.3 Å². The minimum atomic E-state index is 0.0689. The number of ketones is 1. The molecule has 1 aromatic heterocycles. The van der Waals surface area contributed by atoms with Crippen LogP contribution in [0.2, 0.25) is 0 Å². The van der Waals surface area contributed by atoms with E-state index in [9.17, 15) is 4.79 Å². The number of nitrogens with one attached hydrogen (secondary N) is 1. The van der Waals surface area contributed by atoms with Crippen molar-refractivity contribution in [1.29, 1.82) is 0 Å². The molecule has 1 aromatic carbocycles. The largest absolute Gasteiger partial charge is 0.362 e.